The highest BCUT2D eigenvalue weighted by atomic mass is 32.1. The van der Waals surface area contributed by atoms with Gasteiger partial charge in [-0.3, -0.25) is 4.79 Å². The topological polar surface area (TPSA) is 84.3 Å². The molecule has 1 amide bonds. The second-order valence-electron chi connectivity index (χ2n) is 7.50. The molecule has 0 aliphatic carbocycles. The maximum atomic E-state index is 12.6. The summed E-state index contributed by atoms with van der Waals surface area (Å²) < 4.78 is 41.1. The van der Waals surface area contributed by atoms with Gasteiger partial charge in [0.2, 0.25) is 0 Å². The molecular formula is C21H20F3N3O3S. The monoisotopic (exact) mass is 451 g/mol. The van der Waals surface area contributed by atoms with Crippen LogP contribution in [0.4, 0.5) is 13.2 Å². The molecule has 0 fully saturated rings. The molecule has 2 heterocycles. The van der Waals surface area contributed by atoms with Crippen molar-refractivity contribution in [2.75, 3.05) is 6.54 Å². The average Bonchev–Trinajstić information content (AvgIpc) is 3.10. The van der Waals surface area contributed by atoms with E-state index in [1.165, 1.54) is 41.7 Å². The van der Waals surface area contributed by atoms with Gasteiger partial charge in [0, 0.05) is 23.1 Å². The summed E-state index contributed by atoms with van der Waals surface area (Å²) in [4.78, 5) is 21.5. The second-order valence-corrected chi connectivity index (χ2v) is 8.24. The largest absolute Gasteiger partial charge is 0.573 e. The number of aromatic nitrogens is 2. The predicted octanol–water partition coefficient (Wildman–Crippen LogP) is 4.58. The molecule has 0 spiro atoms. The normalized spacial score (nSPS) is 12.0. The van der Waals surface area contributed by atoms with Crippen molar-refractivity contribution in [3.05, 3.63) is 52.3 Å². The Morgan fingerprint density at radius 2 is 1.84 bits per heavy atom. The third kappa shape index (κ3) is 6.25. The van der Waals surface area contributed by atoms with Crippen molar-refractivity contribution in [1.82, 2.24) is 15.3 Å². The van der Waals surface area contributed by atoms with Crippen molar-refractivity contribution in [2.45, 2.75) is 32.7 Å². The zero-order valence-electron chi connectivity index (χ0n) is 16.9. The zero-order valence-corrected chi connectivity index (χ0v) is 17.8. The molecule has 3 rings (SSSR count). The molecule has 0 bridgehead atoms. The van der Waals surface area contributed by atoms with Crippen molar-refractivity contribution < 1.29 is 27.8 Å². The molecule has 0 atom stereocenters. The van der Waals surface area contributed by atoms with Crippen molar-refractivity contribution in [1.29, 1.82) is 0 Å². The molecule has 0 aliphatic heterocycles. The first-order valence-electron chi connectivity index (χ1n) is 9.20. The fourth-order valence-corrected chi connectivity index (χ4v) is 3.46. The molecule has 0 aliphatic rings. The molecule has 31 heavy (non-hydrogen) atoms. The van der Waals surface area contributed by atoms with E-state index >= 15 is 0 Å². The van der Waals surface area contributed by atoms with Crippen LogP contribution >= 0.6 is 11.3 Å². The maximum Gasteiger partial charge on any atom is 0.573 e. The number of hydrogen-bond donors (Lipinski definition) is 2. The Balaban J connectivity index is 1.99. The SMILES string of the molecule is Cc1cscc1-c1nc(C(=O)NCC(C)(C)O)cc(-c2ccc(OC(F)(F)F)cc2)n1. The third-order valence-electron chi connectivity index (χ3n) is 4.12. The van der Waals surface area contributed by atoms with E-state index in [0.717, 1.165) is 11.1 Å². The number of nitrogens with one attached hydrogen (secondary N) is 1. The molecular weight excluding hydrogens is 431 g/mol. The molecule has 2 N–H and O–H groups in total. The lowest BCUT2D eigenvalue weighted by atomic mass is 10.1. The van der Waals surface area contributed by atoms with E-state index in [-0.39, 0.29) is 18.0 Å². The quantitative estimate of drug-likeness (QED) is 0.573. The Labute approximate surface area is 180 Å². The molecule has 3 aromatic rings. The molecule has 0 radical (unpaired) electrons. The summed E-state index contributed by atoms with van der Waals surface area (Å²) in [5, 5.41) is 16.2. The van der Waals surface area contributed by atoms with Gasteiger partial charge in [-0.05, 0) is 62.0 Å². The third-order valence-corrected chi connectivity index (χ3v) is 4.98. The van der Waals surface area contributed by atoms with E-state index in [4.69, 9.17) is 0 Å². The number of carbonyl (C=O) groups is 1. The van der Waals surface area contributed by atoms with Gasteiger partial charge < -0.3 is 15.2 Å². The number of amides is 1. The van der Waals surface area contributed by atoms with E-state index in [0.29, 0.717) is 17.1 Å². The van der Waals surface area contributed by atoms with Crippen LogP contribution in [-0.4, -0.2) is 39.5 Å². The molecule has 1 aromatic carbocycles. The lowest BCUT2D eigenvalue weighted by Crippen LogP contribution is -2.38. The van der Waals surface area contributed by atoms with Crippen molar-refractivity contribution in [3.63, 3.8) is 0 Å². The summed E-state index contributed by atoms with van der Waals surface area (Å²) in [7, 11) is 0. The van der Waals surface area contributed by atoms with Crippen LogP contribution in [0.3, 0.4) is 0 Å². The fraction of sp³-hybridized carbons (Fsp3) is 0.286. The Hall–Kier alpha value is -2.98. The van der Waals surface area contributed by atoms with Gasteiger partial charge in [0.25, 0.3) is 5.91 Å². The van der Waals surface area contributed by atoms with Crippen molar-refractivity contribution in [2.24, 2.45) is 0 Å². The smallest absolute Gasteiger partial charge is 0.406 e. The minimum atomic E-state index is -4.79. The number of benzene rings is 1. The Bertz CT molecular complexity index is 1070. The van der Waals surface area contributed by atoms with E-state index in [9.17, 15) is 23.1 Å². The minimum Gasteiger partial charge on any atom is -0.406 e. The lowest BCUT2D eigenvalue weighted by molar-refractivity contribution is -0.274. The maximum absolute atomic E-state index is 12.6. The first kappa shape index (κ1) is 22.7. The number of hydrogen-bond acceptors (Lipinski definition) is 6. The Kier molecular flexibility index (Phi) is 6.33. The van der Waals surface area contributed by atoms with E-state index in [1.54, 1.807) is 13.8 Å². The number of aliphatic hydroxyl groups is 1. The Morgan fingerprint density at radius 1 is 1.16 bits per heavy atom. The van der Waals surface area contributed by atoms with Crippen LogP contribution in [0.1, 0.15) is 29.9 Å². The van der Waals surface area contributed by atoms with Crippen LogP contribution in [0.2, 0.25) is 0 Å². The highest BCUT2D eigenvalue weighted by Crippen LogP contribution is 2.29. The molecule has 0 saturated carbocycles. The highest BCUT2D eigenvalue weighted by molar-refractivity contribution is 7.08. The molecule has 164 valence electrons. The number of halogens is 3. The standard InChI is InChI=1S/C21H20F3N3O3S/c1-12-9-31-10-15(12)18-26-16(8-17(27-18)19(28)25-11-20(2,3)29)13-4-6-14(7-5-13)30-21(22,23)24/h4-10,29H,11H2,1-3H3,(H,25,28). The van der Waals surface area contributed by atoms with Crippen LogP contribution in [0.5, 0.6) is 5.75 Å². The zero-order chi connectivity index (χ0) is 22.8. The number of carbonyl (C=O) groups excluding carboxylic acids is 1. The summed E-state index contributed by atoms with van der Waals surface area (Å²) in [6.07, 6.45) is -4.79. The average molecular weight is 451 g/mol. The number of thiophene rings is 1. The van der Waals surface area contributed by atoms with Crippen LogP contribution in [0, 0.1) is 6.92 Å². The molecule has 6 nitrogen and oxygen atoms in total. The van der Waals surface area contributed by atoms with Crippen LogP contribution in [0.15, 0.2) is 41.1 Å². The summed E-state index contributed by atoms with van der Waals surface area (Å²) >= 11 is 1.46. The first-order valence-corrected chi connectivity index (χ1v) is 10.1. The van der Waals surface area contributed by atoms with Gasteiger partial charge in [-0.15, -0.1) is 13.2 Å². The lowest BCUT2D eigenvalue weighted by Gasteiger charge is -2.17. The molecule has 10 heteroatoms. The van der Waals surface area contributed by atoms with Crippen LogP contribution in [-0.2, 0) is 0 Å². The summed E-state index contributed by atoms with van der Waals surface area (Å²) in [5.41, 5.74) is 1.50. The molecule has 2 aromatic heterocycles. The van der Waals surface area contributed by atoms with Crippen molar-refractivity contribution in [3.8, 4) is 28.4 Å². The predicted molar refractivity (Wildman–Crippen MR) is 111 cm³/mol. The number of alkyl halides is 3. The van der Waals surface area contributed by atoms with Gasteiger partial charge in [0.05, 0.1) is 11.3 Å². The second kappa shape index (κ2) is 8.64. The van der Waals surface area contributed by atoms with Crippen LogP contribution < -0.4 is 10.1 Å². The number of aryl methyl sites for hydroxylation is 1. The van der Waals surface area contributed by atoms with E-state index in [2.05, 4.69) is 20.0 Å². The molecule has 0 saturated heterocycles. The van der Waals surface area contributed by atoms with Gasteiger partial charge in [0.15, 0.2) is 5.82 Å². The van der Waals surface area contributed by atoms with Gasteiger partial charge in [-0.2, -0.15) is 11.3 Å². The van der Waals surface area contributed by atoms with Gasteiger partial charge in [-0.1, -0.05) is 0 Å². The van der Waals surface area contributed by atoms with E-state index in [1.807, 2.05) is 17.7 Å². The number of ether oxygens (including phenoxy) is 1. The first-order chi connectivity index (χ1) is 14.4. The minimum absolute atomic E-state index is 0.0153. The van der Waals surface area contributed by atoms with Crippen molar-refractivity contribution >= 4 is 17.2 Å². The summed E-state index contributed by atoms with van der Waals surface area (Å²) in [6.45, 7) is 5.02. The summed E-state index contributed by atoms with van der Waals surface area (Å²) in [6, 6.07) is 6.64. The highest BCUT2D eigenvalue weighted by Gasteiger charge is 2.31. The van der Waals surface area contributed by atoms with Gasteiger partial charge in [0.1, 0.15) is 11.4 Å². The van der Waals surface area contributed by atoms with E-state index < -0.39 is 17.9 Å². The number of nitrogens with zero attached hydrogens (tertiary/aromatic N) is 2. The van der Waals surface area contributed by atoms with Crippen LogP contribution in [0.25, 0.3) is 22.6 Å². The number of rotatable bonds is 6. The summed E-state index contributed by atoms with van der Waals surface area (Å²) in [5.74, 6) is -0.542. The van der Waals surface area contributed by atoms with Gasteiger partial charge >= 0.3 is 6.36 Å². The van der Waals surface area contributed by atoms with Gasteiger partial charge in [-0.25, -0.2) is 9.97 Å². The molecule has 0 unspecified atom stereocenters. The Morgan fingerprint density at radius 3 is 2.39 bits per heavy atom. The fourth-order valence-electron chi connectivity index (χ4n) is 2.64.